The van der Waals surface area contributed by atoms with E-state index in [0.29, 0.717) is 7.11 Å². The van der Waals surface area contributed by atoms with Gasteiger partial charge in [0, 0.05) is 0 Å². The Bertz CT molecular complexity index is 802. The number of esters is 1. The fourth-order valence-electron chi connectivity index (χ4n) is 1.74. The molecule has 0 atom stereocenters. The number of hydrogen-bond donors (Lipinski definition) is 0. The third kappa shape index (κ3) is 3.23. The maximum Gasteiger partial charge on any atom is 0.403 e. The van der Waals surface area contributed by atoms with E-state index >= 15 is 0 Å². The minimum absolute atomic E-state index is 0.0457. The first-order chi connectivity index (χ1) is 10.3. The molecule has 0 radical (unpaired) electrons. The molecule has 2 aromatic rings. The molecular weight excluding hydrogens is 318 g/mol. The molecule has 0 N–H and O–H groups in total. The van der Waals surface area contributed by atoms with Crippen LogP contribution in [0.4, 0.5) is 8.78 Å². The molecule has 0 aromatic heterocycles. The van der Waals surface area contributed by atoms with Crippen molar-refractivity contribution in [3.8, 4) is 0 Å². The summed E-state index contributed by atoms with van der Waals surface area (Å²) >= 11 is 0. The lowest BCUT2D eigenvalue weighted by atomic mass is 10.1. The van der Waals surface area contributed by atoms with Crippen LogP contribution in [0.2, 0.25) is 0 Å². The highest BCUT2D eigenvalue weighted by Gasteiger charge is 2.47. The maximum absolute atomic E-state index is 13.3. The van der Waals surface area contributed by atoms with Gasteiger partial charge in [0.05, 0.1) is 12.7 Å². The zero-order chi connectivity index (χ0) is 16.4. The smallest absolute Gasteiger partial charge is 0.403 e. The second-order valence-electron chi connectivity index (χ2n) is 4.40. The Kier molecular flexibility index (Phi) is 4.43. The molecule has 0 fully saturated rings. The summed E-state index contributed by atoms with van der Waals surface area (Å²) < 4.78 is 56.8. The summed E-state index contributed by atoms with van der Waals surface area (Å²) in [4.78, 5) is 11.8. The number of alkyl halides is 2. The van der Waals surface area contributed by atoms with Crippen molar-refractivity contribution in [3.63, 3.8) is 0 Å². The largest absolute Gasteiger partial charge is 0.454 e. The number of fused-ring (bicyclic) bond motifs is 1. The van der Waals surface area contributed by atoms with Gasteiger partial charge in [0.1, 0.15) is 0 Å². The maximum atomic E-state index is 13.3. The Morgan fingerprint density at radius 2 is 1.77 bits per heavy atom. The van der Waals surface area contributed by atoms with Crippen molar-refractivity contribution in [1.82, 2.24) is 0 Å². The van der Waals surface area contributed by atoms with Gasteiger partial charge in [0.15, 0.2) is 6.61 Å². The van der Waals surface area contributed by atoms with E-state index in [2.05, 4.69) is 8.92 Å². The van der Waals surface area contributed by atoms with Gasteiger partial charge in [0.2, 0.25) is 0 Å². The molecule has 0 unspecified atom stereocenters. The molecule has 0 saturated heterocycles. The normalized spacial score (nSPS) is 12.3. The lowest BCUT2D eigenvalue weighted by molar-refractivity contribution is -0.0106. The Balaban J connectivity index is 2.14. The Labute approximate surface area is 125 Å². The Hall–Kier alpha value is -2.06. The lowest BCUT2D eigenvalue weighted by Gasteiger charge is -2.15. The van der Waals surface area contributed by atoms with Gasteiger partial charge >= 0.3 is 21.3 Å². The van der Waals surface area contributed by atoms with Crippen LogP contribution in [0.3, 0.4) is 0 Å². The van der Waals surface area contributed by atoms with Crippen molar-refractivity contribution in [2.24, 2.45) is 0 Å². The van der Waals surface area contributed by atoms with Gasteiger partial charge in [-0.05, 0) is 22.9 Å². The number of rotatable bonds is 5. The van der Waals surface area contributed by atoms with Crippen molar-refractivity contribution in [3.05, 3.63) is 48.0 Å². The first-order valence-electron chi connectivity index (χ1n) is 6.11. The van der Waals surface area contributed by atoms with E-state index in [4.69, 9.17) is 0 Å². The summed E-state index contributed by atoms with van der Waals surface area (Å²) in [5.41, 5.74) is 0.0457. The third-order valence-corrected chi connectivity index (χ3v) is 4.23. The van der Waals surface area contributed by atoms with E-state index in [9.17, 15) is 22.0 Å². The zero-order valence-corrected chi connectivity index (χ0v) is 12.3. The molecule has 2 aromatic carbocycles. The SMILES string of the molecule is COS(=O)(=O)C(F)(F)COC(=O)c1ccc2ccccc2c1. The van der Waals surface area contributed by atoms with E-state index < -0.39 is 27.9 Å². The second-order valence-corrected chi connectivity index (χ2v) is 6.24. The van der Waals surface area contributed by atoms with Crippen LogP contribution in [0, 0.1) is 0 Å². The predicted molar refractivity (Wildman–Crippen MR) is 75.1 cm³/mol. The van der Waals surface area contributed by atoms with E-state index in [1.54, 1.807) is 18.2 Å². The summed E-state index contributed by atoms with van der Waals surface area (Å²) in [7, 11) is -4.52. The number of carbonyl (C=O) groups is 1. The zero-order valence-electron chi connectivity index (χ0n) is 11.5. The van der Waals surface area contributed by atoms with Crippen molar-refractivity contribution in [2.45, 2.75) is 5.25 Å². The van der Waals surface area contributed by atoms with E-state index in [-0.39, 0.29) is 5.56 Å². The molecule has 0 spiro atoms. The van der Waals surface area contributed by atoms with Gasteiger partial charge in [-0.3, -0.25) is 4.18 Å². The van der Waals surface area contributed by atoms with Gasteiger partial charge in [-0.25, -0.2) is 4.79 Å². The van der Waals surface area contributed by atoms with Gasteiger partial charge in [-0.15, -0.1) is 0 Å². The fraction of sp³-hybridized carbons (Fsp3) is 0.214. The van der Waals surface area contributed by atoms with Gasteiger partial charge < -0.3 is 4.74 Å². The average Bonchev–Trinajstić information content (AvgIpc) is 2.52. The molecule has 5 nitrogen and oxygen atoms in total. The molecular formula is C14H12F2O5S. The molecule has 0 aliphatic rings. The van der Waals surface area contributed by atoms with Crippen LogP contribution in [0.15, 0.2) is 42.5 Å². The summed E-state index contributed by atoms with van der Waals surface area (Å²) in [6.07, 6.45) is 0. The Morgan fingerprint density at radius 3 is 2.41 bits per heavy atom. The highest BCUT2D eigenvalue weighted by Crippen LogP contribution is 2.24. The lowest BCUT2D eigenvalue weighted by Crippen LogP contribution is -2.35. The molecule has 118 valence electrons. The number of carbonyl (C=O) groups excluding carboxylic acids is 1. The van der Waals surface area contributed by atoms with Crippen LogP contribution in [0.1, 0.15) is 10.4 Å². The van der Waals surface area contributed by atoms with Crippen LogP contribution in [0.25, 0.3) is 10.8 Å². The molecule has 0 aliphatic heterocycles. The van der Waals surface area contributed by atoms with Crippen LogP contribution in [-0.2, 0) is 19.0 Å². The van der Waals surface area contributed by atoms with E-state index in [1.807, 2.05) is 12.1 Å². The van der Waals surface area contributed by atoms with Crippen molar-refractivity contribution in [2.75, 3.05) is 13.7 Å². The molecule has 2 rings (SSSR count). The topological polar surface area (TPSA) is 69.7 Å². The number of halogens is 2. The van der Waals surface area contributed by atoms with Crippen molar-refractivity contribution < 1.29 is 30.9 Å². The van der Waals surface area contributed by atoms with Crippen molar-refractivity contribution >= 4 is 26.9 Å². The molecule has 0 saturated carbocycles. The van der Waals surface area contributed by atoms with E-state index in [1.165, 1.54) is 12.1 Å². The average molecular weight is 330 g/mol. The van der Waals surface area contributed by atoms with Crippen LogP contribution in [-0.4, -0.2) is 33.4 Å². The third-order valence-electron chi connectivity index (χ3n) is 2.94. The highest BCUT2D eigenvalue weighted by atomic mass is 32.2. The van der Waals surface area contributed by atoms with Crippen LogP contribution < -0.4 is 0 Å². The van der Waals surface area contributed by atoms with Crippen LogP contribution >= 0.6 is 0 Å². The Morgan fingerprint density at radius 1 is 1.14 bits per heavy atom. The first-order valence-corrected chi connectivity index (χ1v) is 7.51. The minimum Gasteiger partial charge on any atom is -0.454 e. The van der Waals surface area contributed by atoms with Crippen LogP contribution in [0.5, 0.6) is 0 Å². The summed E-state index contributed by atoms with van der Waals surface area (Å²) in [5, 5.41) is -2.71. The van der Waals surface area contributed by atoms with Gasteiger partial charge in [-0.1, -0.05) is 30.3 Å². The predicted octanol–water partition coefficient (Wildman–Crippen LogP) is 2.57. The fourth-order valence-corrected chi connectivity index (χ4v) is 2.19. The van der Waals surface area contributed by atoms with Gasteiger partial charge in [-0.2, -0.15) is 17.2 Å². The van der Waals surface area contributed by atoms with Crippen molar-refractivity contribution in [1.29, 1.82) is 0 Å². The molecule has 0 amide bonds. The first kappa shape index (κ1) is 16.3. The number of benzene rings is 2. The molecule has 0 heterocycles. The quantitative estimate of drug-likeness (QED) is 0.622. The second kappa shape index (κ2) is 5.98. The molecule has 0 aliphatic carbocycles. The summed E-state index contributed by atoms with van der Waals surface area (Å²) in [6.45, 7) is -1.62. The molecule has 22 heavy (non-hydrogen) atoms. The van der Waals surface area contributed by atoms with E-state index in [0.717, 1.165) is 10.8 Å². The summed E-state index contributed by atoms with van der Waals surface area (Å²) in [6, 6.07) is 11.7. The highest BCUT2D eigenvalue weighted by molar-refractivity contribution is 7.87. The number of hydrogen-bond acceptors (Lipinski definition) is 5. The minimum atomic E-state index is -5.12. The summed E-state index contributed by atoms with van der Waals surface area (Å²) in [5.74, 6) is -1.04. The monoisotopic (exact) mass is 330 g/mol. The number of ether oxygens (including phenoxy) is 1. The molecule has 8 heteroatoms. The molecule has 0 bridgehead atoms. The van der Waals surface area contributed by atoms with Gasteiger partial charge in [0.25, 0.3) is 0 Å². The standard InChI is InChI=1S/C14H12F2O5S/c1-20-22(18,19)14(15,16)9-21-13(17)12-7-6-10-4-2-3-5-11(10)8-12/h2-8H,9H2,1H3.